The Morgan fingerprint density at radius 2 is 1.70 bits per heavy atom. The number of aliphatic hydroxyl groups excluding tert-OH is 2. The summed E-state index contributed by atoms with van der Waals surface area (Å²) in [4.78, 5) is 27.3. The van der Waals surface area contributed by atoms with Crippen molar-refractivity contribution in [1.29, 1.82) is 0 Å². The molecule has 10 nitrogen and oxygen atoms in total. The highest BCUT2D eigenvalue weighted by molar-refractivity contribution is 7.91. The Morgan fingerprint density at radius 3 is 2.35 bits per heavy atom. The van der Waals surface area contributed by atoms with Crippen LogP contribution in [0.2, 0.25) is 5.02 Å². The second kappa shape index (κ2) is 9.08. The molecule has 5 heterocycles. The minimum atomic E-state index is -3.94. The van der Waals surface area contributed by atoms with E-state index in [1.165, 1.54) is 21.6 Å². The first-order valence-corrected chi connectivity index (χ1v) is 14.0. The van der Waals surface area contributed by atoms with Gasteiger partial charge in [0.15, 0.2) is 0 Å². The van der Waals surface area contributed by atoms with Gasteiger partial charge in [-0.05, 0) is 35.7 Å². The zero-order valence-corrected chi connectivity index (χ0v) is 21.4. The smallest absolute Gasteiger partial charge is 0.274 e. The van der Waals surface area contributed by atoms with E-state index in [2.05, 4.69) is 15.0 Å². The molecule has 4 aromatic rings. The van der Waals surface area contributed by atoms with Gasteiger partial charge in [-0.15, -0.1) is 11.3 Å². The fraction of sp³-hybridized carbons (Fsp3) is 0.250. The number of nitrogens with zero attached hydrogens (tertiary/aromatic N) is 5. The number of rotatable bonds is 4. The Balaban J connectivity index is 1.27. The molecule has 3 aromatic heterocycles. The number of thiophene rings is 1. The average molecular weight is 558 g/mol. The van der Waals surface area contributed by atoms with Crippen LogP contribution in [0.15, 0.2) is 65.4 Å². The predicted molar refractivity (Wildman–Crippen MR) is 137 cm³/mol. The van der Waals surface area contributed by atoms with Crippen molar-refractivity contribution in [2.24, 2.45) is 0 Å². The molecule has 0 aliphatic carbocycles. The Labute approximate surface area is 220 Å². The molecule has 2 saturated heterocycles. The SMILES string of the molecule is O=C(c1cnc(-c2ccncc2)cn1)N1C2CN(S(=O)(=O)c3cc4ccc(Cl)cc4s3)CC1C(O)C2O. The van der Waals surface area contributed by atoms with E-state index in [0.717, 1.165) is 27.0 Å². The van der Waals surface area contributed by atoms with Crippen molar-refractivity contribution >= 4 is 49.0 Å². The van der Waals surface area contributed by atoms with Crippen LogP contribution in [-0.4, -0.2) is 86.1 Å². The largest absolute Gasteiger partial charge is 0.388 e. The van der Waals surface area contributed by atoms with Crippen molar-refractivity contribution in [3.8, 4) is 11.3 Å². The van der Waals surface area contributed by atoms with Crippen LogP contribution in [0, 0.1) is 0 Å². The lowest BCUT2D eigenvalue weighted by molar-refractivity contribution is 0.0352. The van der Waals surface area contributed by atoms with Crippen molar-refractivity contribution < 1.29 is 23.4 Å². The third-order valence-electron chi connectivity index (χ3n) is 6.77. The number of piperazine rings is 1. The molecule has 0 radical (unpaired) electrons. The number of aromatic nitrogens is 3. The molecule has 0 saturated carbocycles. The molecule has 4 atom stereocenters. The van der Waals surface area contributed by atoms with E-state index in [-0.39, 0.29) is 23.0 Å². The fourth-order valence-corrected chi connectivity index (χ4v) is 8.19. The minimum Gasteiger partial charge on any atom is -0.388 e. The van der Waals surface area contributed by atoms with Crippen molar-refractivity contribution in [2.75, 3.05) is 13.1 Å². The monoisotopic (exact) mass is 557 g/mol. The number of hydrogen-bond acceptors (Lipinski definition) is 9. The topological polar surface area (TPSA) is 137 Å². The summed E-state index contributed by atoms with van der Waals surface area (Å²) in [6, 6.07) is 8.38. The molecular formula is C24H20ClN5O5S2. The van der Waals surface area contributed by atoms with Gasteiger partial charge < -0.3 is 15.1 Å². The third kappa shape index (κ3) is 4.10. The van der Waals surface area contributed by atoms with Crippen molar-refractivity contribution in [3.63, 3.8) is 0 Å². The van der Waals surface area contributed by atoms with E-state index < -0.39 is 40.2 Å². The summed E-state index contributed by atoms with van der Waals surface area (Å²) in [5, 5.41) is 22.7. The molecule has 13 heteroatoms. The lowest BCUT2D eigenvalue weighted by Crippen LogP contribution is -2.59. The number of halogens is 1. The Morgan fingerprint density at radius 1 is 1.00 bits per heavy atom. The van der Waals surface area contributed by atoms with Crippen molar-refractivity contribution in [1.82, 2.24) is 24.2 Å². The second-order valence-electron chi connectivity index (χ2n) is 8.92. The molecule has 6 rings (SSSR count). The summed E-state index contributed by atoms with van der Waals surface area (Å²) in [6.45, 7) is -0.333. The summed E-state index contributed by atoms with van der Waals surface area (Å²) >= 11 is 7.15. The van der Waals surface area contributed by atoms with Gasteiger partial charge in [-0.2, -0.15) is 4.31 Å². The average Bonchev–Trinajstić information content (AvgIpc) is 3.41. The number of benzene rings is 1. The molecule has 37 heavy (non-hydrogen) atoms. The molecule has 2 aliphatic heterocycles. The van der Waals surface area contributed by atoms with Crippen LogP contribution in [0.4, 0.5) is 0 Å². The molecule has 1 amide bonds. The van der Waals surface area contributed by atoms with Gasteiger partial charge in [-0.25, -0.2) is 13.4 Å². The molecule has 190 valence electrons. The van der Waals surface area contributed by atoms with Gasteiger partial charge in [0.2, 0.25) is 0 Å². The molecule has 2 fully saturated rings. The molecule has 2 N–H and O–H groups in total. The van der Waals surface area contributed by atoms with Crippen LogP contribution in [0.25, 0.3) is 21.3 Å². The molecule has 2 bridgehead atoms. The quantitative estimate of drug-likeness (QED) is 0.389. The van der Waals surface area contributed by atoms with Crippen LogP contribution < -0.4 is 0 Å². The number of pyridine rings is 1. The summed E-state index contributed by atoms with van der Waals surface area (Å²) < 4.78 is 29.1. The van der Waals surface area contributed by atoms with E-state index in [9.17, 15) is 23.4 Å². The second-order valence-corrected chi connectivity index (χ2v) is 12.6. The number of carbonyl (C=O) groups is 1. The van der Waals surface area contributed by atoms with E-state index in [4.69, 9.17) is 11.6 Å². The molecule has 2 aliphatic rings. The molecule has 1 aromatic carbocycles. The van der Waals surface area contributed by atoms with Gasteiger partial charge in [-0.3, -0.25) is 14.8 Å². The predicted octanol–water partition coefficient (Wildman–Crippen LogP) is 2.03. The van der Waals surface area contributed by atoms with Gasteiger partial charge in [-0.1, -0.05) is 17.7 Å². The Bertz CT molecular complexity index is 1580. The maximum absolute atomic E-state index is 13.5. The number of amides is 1. The van der Waals surface area contributed by atoms with E-state index in [1.807, 2.05) is 0 Å². The van der Waals surface area contributed by atoms with Crippen LogP contribution >= 0.6 is 22.9 Å². The molecule has 4 unspecified atom stereocenters. The summed E-state index contributed by atoms with van der Waals surface area (Å²) in [5.74, 6) is -0.534. The van der Waals surface area contributed by atoms with Gasteiger partial charge in [0.05, 0.1) is 30.2 Å². The van der Waals surface area contributed by atoms with Gasteiger partial charge in [0.1, 0.15) is 22.1 Å². The zero-order valence-electron chi connectivity index (χ0n) is 19.0. The number of fused-ring (bicyclic) bond motifs is 3. The normalized spacial score (nSPS) is 24.0. The highest BCUT2D eigenvalue weighted by Crippen LogP contribution is 2.38. The first-order chi connectivity index (χ1) is 17.7. The van der Waals surface area contributed by atoms with Gasteiger partial charge >= 0.3 is 0 Å². The maximum atomic E-state index is 13.5. The number of sulfonamides is 1. The number of carbonyl (C=O) groups excluding carboxylic acids is 1. The summed E-state index contributed by atoms with van der Waals surface area (Å²) in [5.41, 5.74) is 1.38. The number of hydrogen-bond donors (Lipinski definition) is 2. The fourth-order valence-electron chi connectivity index (χ4n) is 4.89. The zero-order chi connectivity index (χ0) is 25.9. The lowest BCUT2D eigenvalue weighted by Gasteiger charge is -2.40. The van der Waals surface area contributed by atoms with Crippen molar-refractivity contribution in [3.05, 3.63) is 71.9 Å². The first kappa shape index (κ1) is 24.3. The number of aliphatic hydroxyl groups is 2. The van der Waals surface area contributed by atoms with Crippen LogP contribution in [0.1, 0.15) is 10.5 Å². The van der Waals surface area contributed by atoms with Crippen molar-refractivity contribution in [2.45, 2.75) is 28.5 Å². The van der Waals surface area contributed by atoms with Gasteiger partial charge in [0, 0.05) is 40.8 Å². The molecular weight excluding hydrogens is 538 g/mol. The lowest BCUT2D eigenvalue weighted by atomic mass is 10.1. The summed E-state index contributed by atoms with van der Waals surface area (Å²) in [6.07, 6.45) is 3.43. The van der Waals surface area contributed by atoms with Gasteiger partial charge in [0.25, 0.3) is 15.9 Å². The van der Waals surface area contributed by atoms with E-state index in [0.29, 0.717) is 10.7 Å². The van der Waals surface area contributed by atoms with Crippen LogP contribution in [0.3, 0.4) is 0 Å². The Kier molecular flexibility index (Phi) is 5.97. The van der Waals surface area contributed by atoms with E-state index in [1.54, 1.807) is 48.8 Å². The minimum absolute atomic E-state index is 0.0341. The van der Waals surface area contributed by atoms with Crippen LogP contribution in [0.5, 0.6) is 0 Å². The Hall–Kier alpha value is -3.00. The van der Waals surface area contributed by atoms with E-state index >= 15 is 0 Å². The third-order valence-corrected chi connectivity index (χ3v) is 10.4. The molecule has 0 spiro atoms. The highest BCUT2D eigenvalue weighted by Gasteiger charge is 2.56. The maximum Gasteiger partial charge on any atom is 0.274 e. The highest BCUT2D eigenvalue weighted by atomic mass is 35.5. The van der Waals surface area contributed by atoms with Crippen LogP contribution in [-0.2, 0) is 10.0 Å². The standard InChI is InChI=1S/C24H20ClN5O5S2/c25-15-2-1-14-7-21(36-20(14)8-15)37(34,35)29-11-18-22(31)23(32)19(12-29)30(18)24(33)17-10-27-16(9-28-17)13-3-5-26-6-4-13/h1-10,18-19,22-23,31-32H,11-12H2. The first-order valence-electron chi connectivity index (χ1n) is 11.3. The summed E-state index contributed by atoms with van der Waals surface area (Å²) in [7, 11) is -3.94.